The van der Waals surface area contributed by atoms with E-state index < -0.39 is 31.1 Å². The van der Waals surface area contributed by atoms with Crippen LogP contribution in [-0.2, 0) is 4.74 Å². The van der Waals surface area contributed by atoms with Crippen molar-refractivity contribution in [3.8, 4) is 12.3 Å². The predicted molar refractivity (Wildman–Crippen MR) is 71.0 cm³/mol. The Morgan fingerprint density at radius 2 is 2.14 bits per heavy atom. The SMILES string of the molecule is C#Cc1nn([C@@H]2O[C@H](CO)[C@@H](O)[C@H]2O)c2ncnc(C)c12. The molecule has 1 aliphatic heterocycles. The average Bonchev–Trinajstić information content (AvgIpc) is 2.99. The first kappa shape index (κ1) is 13.9. The number of rotatable bonds is 2. The minimum Gasteiger partial charge on any atom is -0.394 e. The first-order valence-electron chi connectivity index (χ1n) is 6.37. The Hall–Kier alpha value is -2.05. The predicted octanol–water partition coefficient (Wildman–Crippen LogP) is -1.27. The second-order valence-electron chi connectivity index (χ2n) is 4.82. The first-order chi connectivity index (χ1) is 10.1. The minimum absolute atomic E-state index is 0.334. The van der Waals surface area contributed by atoms with E-state index >= 15 is 0 Å². The van der Waals surface area contributed by atoms with Gasteiger partial charge in [0.05, 0.1) is 17.7 Å². The van der Waals surface area contributed by atoms with Crippen LogP contribution in [0.3, 0.4) is 0 Å². The van der Waals surface area contributed by atoms with Crippen LogP contribution in [0.5, 0.6) is 0 Å². The van der Waals surface area contributed by atoms with Gasteiger partial charge in [-0.1, -0.05) is 0 Å². The highest BCUT2D eigenvalue weighted by Crippen LogP contribution is 2.32. The molecule has 2 aromatic rings. The Bertz CT molecular complexity index is 723. The van der Waals surface area contributed by atoms with Gasteiger partial charge < -0.3 is 20.1 Å². The summed E-state index contributed by atoms with van der Waals surface area (Å²) in [7, 11) is 0. The highest BCUT2D eigenvalue weighted by molar-refractivity contribution is 5.83. The fourth-order valence-corrected chi connectivity index (χ4v) is 2.48. The molecule has 1 saturated heterocycles. The lowest BCUT2D eigenvalue weighted by atomic mass is 10.1. The molecule has 4 atom stereocenters. The monoisotopic (exact) mass is 290 g/mol. The molecule has 1 aliphatic rings. The maximum absolute atomic E-state index is 10.1. The highest BCUT2D eigenvalue weighted by Gasteiger charge is 2.44. The van der Waals surface area contributed by atoms with Gasteiger partial charge in [0.25, 0.3) is 0 Å². The van der Waals surface area contributed by atoms with Gasteiger partial charge in [-0.25, -0.2) is 14.6 Å². The van der Waals surface area contributed by atoms with Gasteiger partial charge in [0.15, 0.2) is 11.9 Å². The summed E-state index contributed by atoms with van der Waals surface area (Å²) in [5.74, 6) is 2.44. The molecule has 0 unspecified atom stereocenters. The highest BCUT2D eigenvalue weighted by atomic mass is 16.6. The third-order valence-corrected chi connectivity index (χ3v) is 3.57. The topological polar surface area (TPSA) is 114 Å². The van der Waals surface area contributed by atoms with Crippen LogP contribution >= 0.6 is 0 Å². The summed E-state index contributed by atoms with van der Waals surface area (Å²) in [6, 6.07) is 0. The van der Waals surface area contributed by atoms with Crippen LogP contribution < -0.4 is 0 Å². The molecule has 8 heteroatoms. The van der Waals surface area contributed by atoms with Gasteiger partial charge in [0.1, 0.15) is 30.3 Å². The van der Waals surface area contributed by atoms with E-state index in [0.717, 1.165) is 0 Å². The molecular weight excluding hydrogens is 276 g/mol. The molecule has 8 nitrogen and oxygen atoms in total. The Morgan fingerprint density at radius 3 is 2.76 bits per heavy atom. The summed E-state index contributed by atoms with van der Waals surface area (Å²) in [5.41, 5.74) is 1.40. The average molecular weight is 290 g/mol. The maximum atomic E-state index is 10.1. The van der Waals surface area contributed by atoms with Crippen LogP contribution in [0.2, 0.25) is 0 Å². The molecule has 0 saturated carbocycles. The van der Waals surface area contributed by atoms with Crippen molar-refractivity contribution in [2.45, 2.75) is 31.5 Å². The summed E-state index contributed by atoms with van der Waals surface area (Å²) in [6.45, 7) is 1.36. The molecule has 21 heavy (non-hydrogen) atoms. The Kier molecular flexibility index (Phi) is 3.35. The molecule has 1 fully saturated rings. The lowest BCUT2D eigenvalue weighted by Gasteiger charge is -2.15. The smallest absolute Gasteiger partial charge is 0.181 e. The number of aliphatic hydroxyl groups is 3. The van der Waals surface area contributed by atoms with Crippen LogP contribution in [0.4, 0.5) is 0 Å². The van der Waals surface area contributed by atoms with E-state index in [4.69, 9.17) is 16.3 Å². The third kappa shape index (κ3) is 1.99. The van der Waals surface area contributed by atoms with Gasteiger partial charge >= 0.3 is 0 Å². The number of terminal acetylenes is 1. The summed E-state index contributed by atoms with van der Waals surface area (Å²) >= 11 is 0. The Balaban J connectivity index is 2.14. The zero-order valence-electron chi connectivity index (χ0n) is 11.2. The Morgan fingerprint density at radius 1 is 1.38 bits per heavy atom. The van der Waals surface area contributed by atoms with E-state index in [-0.39, 0.29) is 0 Å². The molecule has 0 bridgehead atoms. The van der Waals surface area contributed by atoms with Gasteiger partial charge in [-0.15, -0.1) is 6.42 Å². The first-order valence-corrected chi connectivity index (χ1v) is 6.37. The summed E-state index contributed by atoms with van der Waals surface area (Å²) in [6.07, 6.45) is 2.48. The molecule has 3 heterocycles. The molecule has 0 aliphatic carbocycles. The number of ether oxygens (including phenoxy) is 1. The molecule has 3 rings (SSSR count). The minimum atomic E-state index is -1.24. The summed E-state index contributed by atoms with van der Waals surface area (Å²) in [4.78, 5) is 8.19. The number of aromatic nitrogens is 4. The standard InChI is InChI=1S/C13H14N4O4/c1-3-7-9-6(2)14-5-15-12(9)17(16-7)13-11(20)10(19)8(4-18)21-13/h1,5,8,10-11,13,18-20H,4H2,2H3/t8-,10-,11-,13-/m1/s1. The van der Waals surface area contributed by atoms with Crippen molar-refractivity contribution in [1.29, 1.82) is 0 Å². The number of aliphatic hydroxyl groups excluding tert-OH is 3. The van der Waals surface area contributed by atoms with Gasteiger partial charge in [-0.05, 0) is 12.8 Å². The molecule has 110 valence electrons. The fraction of sp³-hybridized carbons (Fsp3) is 0.462. The van der Waals surface area contributed by atoms with Crippen molar-refractivity contribution in [2.75, 3.05) is 6.61 Å². The van der Waals surface area contributed by atoms with Crippen molar-refractivity contribution < 1.29 is 20.1 Å². The van der Waals surface area contributed by atoms with Crippen molar-refractivity contribution in [1.82, 2.24) is 19.7 Å². The second-order valence-corrected chi connectivity index (χ2v) is 4.82. The van der Waals surface area contributed by atoms with E-state index in [0.29, 0.717) is 22.4 Å². The van der Waals surface area contributed by atoms with Crippen molar-refractivity contribution in [3.05, 3.63) is 17.7 Å². The normalized spacial score (nSPS) is 28.9. The zero-order chi connectivity index (χ0) is 15.1. The van der Waals surface area contributed by atoms with Gasteiger partial charge in [-0.2, -0.15) is 5.10 Å². The molecular formula is C13H14N4O4. The van der Waals surface area contributed by atoms with Crippen LogP contribution in [0.1, 0.15) is 17.6 Å². The summed E-state index contributed by atoms with van der Waals surface area (Å²) in [5, 5.41) is 33.9. The molecule has 0 amide bonds. The summed E-state index contributed by atoms with van der Waals surface area (Å²) < 4.78 is 6.77. The maximum Gasteiger partial charge on any atom is 0.181 e. The zero-order valence-corrected chi connectivity index (χ0v) is 11.2. The van der Waals surface area contributed by atoms with Gasteiger partial charge in [0.2, 0.25) is 0 Å². The molecule has 3 N–H and O–H groups in total. The molecule has 2 aromatic heterocycles. The molecule has 0 aromatic carbocycles. The van der Waals surface area contributed by atoms with Crippen molar-refractivity contribution >= 4 is 11.0 Å². The molecule has 0 spiro atoms. The lowest BCUT2D eigenvalue weighted by molar-refractivity contribution is -0.0567. The molecule has 0 radical (unpaired) electrons. The number of aryl methyl sites for hydroxylation is 1. The van der Waals surface area contributed by atoms with Crippen molar-refractivity contribution in [3.63, 3.8) is 0 Å². The number of nitrogens with zero attached hydrogens (tertiary/aromatic N) is 4. The Labute approximate surface area is 120 Å². The largest absolute Gasteiger partial charge is 0.394 e. The fourth-order valence-electron chi connectivity index (χ4n) is 2.48. The van der Waals surface area contributed by atoms with Crippen LogP contribution in [0.15, 0.2) is 6.33 Å². The van der Waals surface area contributed by atoms with Crippen molar-refractivity contribution in [2.24, 2.45) is 0 Å². The third-order valence-electron chi connectivity index (χ3n) is 3.57. The van der Waals surface area contributed by atoms with E-state index in [1.807, 2.05) is 0 Å². The van der Waals surface area contributed by atoms with E-state index in [1.165, 1.54) is 11.0 Å². The van der Waals surface area contributed by atoms with Gasteiger partial charge in [0, 0.05) is 0 Å². The number of hydrogen-bond donors (Lipinski definition) is 3. The second kappa shape index (κ2) is 5.05. The number of hydrogen-bond acceptors (Lipinski definition) is 7. The quantitative estimate of drug-likeness (QED) is 0.591. The van der Waals surface area contributed by atoms with E-state index in [2.05, 4.69) is 21.0 Å². The van der Waals surface area contributed by atoms with Crippen LogP contribution in [0, 0.1) is 19.3 Å². The van der Waals surface area contributed by atoms with Crippen LogP contribution in [-0.4, -0.2) is 60.0 Å². The van der Waals surface area contributed by atoms with E-state index in [9.17, 15) is 10.2 Å². The number of fused-ring (bicyclic) bond motifs is 1. The van der Waals surface area contributed by atoms with Gasteiger partial charge in [-0.3, -0.25) is 0 Å². The van der Waals surface area contributed by atoms with E-state index in [1.54, 1.807) is 6.92 Å². The van der Waals surface area contributed by atoms with Crippen LogP contribution in [0.25, 0.3) is 11.0 Å². The lowest BCUT2D eigenvalue weighted by Crippen LogP contribution is -2.33.